The molecule has 0 saturated heterocycles. The first-order chi connectivity index (χ1) is 8.07. The molecule has 1 aromatic carbocycles. The number of hydrogen-bond donors (Lipinski definition) is 1. The maximum Gasteiger partial charge on any atom is 0.224 e. The molecule has 1 fully saturated rings. The van der Waals surface area contributed by atoms with Gasteiger partial charge in [0.05, 0.1) is 5.54 Å². The topological polar surface area (TPSA) is 29.1 Å². The minimum atomic E-state index is -0.470. The van der Waals surface area contributed by atoms with Crippen LogP contribution in [0.15, 0.2) is 30.3 Å². The predicted octanol–water partition coefficient (Wildman–Crippen LogP) is 2.91. The van der Waals surface area contributed by atoms with Crippen molar-refractivity contribution >= 4 is 17.5 Å². The molecule has 3 unspecified atom stereocenters. The van der Waals surface area contributed by atoms with Crippen LogP contribution in [0, 0.1) is 11.8 Å². The van der Waals surface area contributed by atoms with E-state index >= 15 is 0 Å². The fourth-order valence-corrected chi connectivity index (χ4v) is 2.26. The highest BCUT2D eigenvalue weighted by Crippen LogP contribution is 2.38. The molecule has 2 nitrogen and oxygen atoms in total. The molecule has 92 valence electrons. The molecule has 1 saturated carbocycles. The van der Waals surface area contributed by atoms with Crippen LogP contribution in [0.25, 0.3) is 0 Å². The summed E-state index contributed by atoms with van der Waals surface area (Å²) in [5.41, 5.74) is 0.582. The Hall–Kier alpha value is -1.02. The summed E-state index contributed by atoms with van der Waals surface area (Å²) in [7, 11) is 0. The van der Waals surface area contributed by atoms with E-state index in [-0.39, 0.29) is 11.8 Å². The van der Waals surface area contributed by atoms with E-state index < -0.39 is 5.54 Å². The summed E-state index contributed by atoms with van der Waals surface area (Å²) in [4.78, 5) is 12.0. The molecule has 0 aliphatic heterocycles. The van der Waals surface area contributed by atoms with Gasteiger partial charge in [0.15, 0.2) is 0 Å². The van der Waals surface area contributed by atoms with Gasteiger partial charge in [-0.3, -0.25) is 4.79 Å². The number of alkyl halides is 1. The van der Waals surface area contributed by atoms with Crippen molar-refractivity contribution < 1.29 is 4.79 Å². The molecule has 0 bridgehead atoms. The summed E-state index contributed by atoms with van der Waals surface area (Å²) in [6.45, 7) is 4.07. The van der Waals surface area contributed by atoms with E-state index in [1.807, 2.05) is 37.3 Å². The Balaban J connectivity index is 2.12. The summed E-state index contributed by atoms with van der Waals surface area (Å²) in [6.07, 6.45) is 0.999. The molecule has 1 aliphatic carbocycles. The number of halogens is 1. The highest BCUT2D eigenvalue weighted by molar-refractivity contribution is 6.18. The van der Waals surface area contributed by atoms with Crippen molar-refractivity contribution in [3.05, 3.63) is 35.9 Å². The number of amides is 1. The van der Waals surface area contributed by atoms with E-state index in [1.54, 1.807) is 0 Å². The third-order valence-corrected chi connectivity index (χ3v) is 4.06. The molecule has 1 aliphatic rings. The third-order valence-electron chi connectivity index (χ3n) is 3.52. The van der Waals surface area contributed by atoms with Gasteiger partial charge in [-0.15, -0.1) is 11.6 Å². The first kappa shape index (κ1) is 12.4. The smallest absolute Gasteiger partial charge is 0.224 e. The fourth-order valence-electron chi connectivity index (χ4n) is 2.04. The van der Waals surface area contributed by atoms with Crippen LogP contribution < -0.4 is 5.32 Å². The summed E-state index contributed by atoms with van der Waals surface area (Å²) >= 11 is 6.03. The van der Waals surface area contributed by atoms with Crippen molar-refractivity contribution in [3.63, 3.8) is 0 Å². The number of carbonyl (C=O) groups is 1. The maximum absolute atomic E-state index is 12.0. The highest BCUT2D eigenvalue weighted by atomic mass is 35.5. The Morgan fingerprint density at radius 1 is 1.47 bits per heavy atom. The van der Waals surface area contributed by atoms with Crippen molar-refractivity contribution in [1.29, 1.82) is 0 Å². The molecule has 1 aromatic rings. The van der Waals surface area contributed by atoms with Crippen LogP contribution in [0.4, 0.5) is 0 Å². The van der Waals surface area contributed by atoms with Crippen LogP contribution in [-0.2, 0) is 10.3 Å². The Morgan fingerprint density at radius 2 is 2.06 bits per heavy atom. The lowest BCUT2D eigenvalue weighted by atomic mass is 9.94. The second-order valence-electron chi connectivity index (χ2n) is 5.14. The zero-order valence-electron chi connectivity index (χ0n) is 10.2. The van der Waals surface area contributed by atoms with Gasteiger partial charge in [-0.25, -0.2) is 0 Å². The summed E-state index contributed by atoms with van der Waals surface area (Å²) in [5, 5.41) is 3.08. The molecule has 3 heteroatoms. The zero-order chi connectivity index (χ0) is 12.5. The average molecular weight is 252 g/mol. The van der Waals surface area contributed by atoms with Gasteiger partial charge >= 0.3 is 0 Å². The van der Waals surface area contributed by atoms with E-state index in [1.165, 1.54) is 0 Å². The average Bonchev–Trinajstić information content (AvgIpc) is 3.07. The molecule has 17 heavy (non-hydrogen) atoms. The molecule has 1 amide bonds. The van der Waals surface area contributed by atoms with Crippen LogP contribution in [0.2, 0.25) is 0 Å². The van der Waals surface area contributed by atoms with Gasteiger partial charge in [-0.1, -0.05) is 37.3 Å². The number of rotatable bonds is 4. The lowest BCUT2D eigenvalue weighted by molar-refractivity contribution is -0.124. The molecular formula is C14H18ClNO. The van der Waals surface area contributed by atoms with E-state index in [2.05, 4.69) is 12.2 Å². The van der Waals surface area contributed by atoms with E-state index in [0.717, 1.165) is 12.0 Å². The molecule has 0 aromatic heterocycles. The molecule has 2 rings (SSSR count). The quantitative estimate of drug-likeness (QED) is 0.820. The van der Waals surface area contributed by atoms with E-state index in [0.29, 0.717) is 11.8 Å². The molecular weight excluding hydrogens is 234 g/mol. The van der Waals surface area contributed by atoms with Gasteiger partial charge in [-0.05, 0) is 24.8 Å². The van der Waals surface area contributed by atoms with Crippen LogP contribution in [0.3, 0.4) is 0 Å². The van der Waals surface area contributed by atoms with Crippen molar-refractivity contribution in [2.45, 2.75) is 25.8 Å². The predicted molar refractivity (Wildman–Crippen MR) is 69.9 cm³/mol. The molecule has 1 N–H and O–H groups in total. The lowest BCUT2D eigenvalue weighted by Crippen LogP contribution is -2.45. The first-order valence-corrected chi connectivity index (χ1v) is 6.54. The molecule has 0 spiro atoms. The van der Waals surface area contributed by atoms with Gasteiger partial charge in [0.1, 0.15) is 0 Å². The van der Waals surface area contributed by atoms with E-state index in [4.69, 9.17) is 11.6 Å². The van der Waals surface area contributed by atoms with Crippen LogP contribution >= 0.6 is 11.6 Å². The number of hydrogen-bond acceptors (Lipinski definition) is 1. The standard InChI is InChI=1S/C14H18ClNO/c1-10-8-12(10)13(17)16-14(2,9-15)11-6-4-3-5-7-11/h3-7,10,12H,8-9H2,1-2H3,(H,16,17). The molecule has 0 heterocycles. The van der Waals surface area contributed by atoms with Gasteiger partial charge in [0, 0.05) is 11.8 Å². The maximum atomic E-state index is 12.0. The zero-order valence-corrected chi connectivity index (χ0v) is 11.0. The summed E-state index contributed by atoms with van der Waals surface area (Å²) in [6, 6.07) is 9.89. The van der Waals surface area contributed by atoms with Crippen molar-refractivity contribution in [2.75, 3.05) is 5.88 Å². The normalized spacial score (nSPS) is 26.1. The summed E-state index contributed by atoms with van der Waals surface area (Å²) < 4.78 is 0. The molecule has 3 atom stereocenters. The van der Waals surface area contributed by atoms with Crippen LogP contribution in [0.1, 0.15) is 25.8 Å². The molecule has 0 radical (unpaired) electrons. The Bertz CT molecular complexity index is 406. The fraction of sp³-hybridized carbons (Fsp3) is 0.500. The lowest BCUT2D eigenvalue weighted by Gasteiger charge is -2.29. The second-order valence-corrected chi connectivity index (χ2v) is 5.41. The van der Waals surface area contributed by atoms with E-state index in [9.17, 15) is 4.79 Å². The Labute approximate surface area is 107 Å². The number of nitrogens with one attached hydrogen (secondary N) is 1. The van der Waals surface area contributed by atoms with Gasteiger partial charge in [-0.2, -0.15) is 0 Å². The van der Waals surface area contributed by atoms with Crippen LogP contribution in [0.5, 0.6) is 0 Å². The number of benzene rings is 1. The Kier molecular flexibility index (Phi) is 3.43. The minimum Gasteiger partial charge on any atom is -0.345 e. The Morgan fingerprint density at radius 3 is 2.53 bits per heavy atom. The van der Waals surface area contributed by atoms with Gasteiger partial charge in [0.2, 0.25) is 5.91 Å². The van der Waals surface area contributed by atoms with Gasteiger partial charge in [0.25, 0.3) is 0 Å². The highest BCUT2D eigenvalue weighted by Gasteiger charge is 2.41. The SMILES string of the molecule is CC1CC1C(=O)NC(C)(CCl)c1ccccc1. The minimum absolute atomic E-state index is 0.129. The van der Waals surface area contributed by atoms with Crippen molar-refractivity contribution in [2.24, 2.45) is 11.8 Å². The van der Waals surface area contributed by atoms with Crippen molar-refractivity contribution in [3.8, 4) is 0 Å². The second kappa shape index (κ2) is 4.69. The number of carbonyl (C=O) groups excluding carboxylic acids is 1. The third kappa shape index (κ3) is 2.63. The summed E-state index contributed by atoms with van der Waals surface area (Å²) in [5.74, 6) is 1.21. The largest absolute Gasteiger partial charge is 0.345 e. The van der Waals surface area contributed by atoms with Gasteiger partial charge < -0.3 is 5.32 Å². The first-order valence-electron chi connectivity index (χ1n) is 6.00. The monoisotopic (exact) mass is 251 g/mol. The van der Waals surface area contributed by atoms with Crippen LogP contribution in [-0.4, -0.2) is 11.8 Å². The van der Waals surface area contributed by atoms with Crippen molar-refractivity contribution in [1.82, 2.24) is 5.32 Å².